The summed E-state index contributed by atoms with van der Waals surface area (Å²) in [6, 6.07) is 5.06. The quantitative estimate of drug-likeness (QED) is 0.589. The monoisotopic (exact) mass is 361 g/mol. The minimum atomic E-state index is -1.31. The summed E-state index contributed by atoms with van der Waals surface area (Å²) in [6.07, 6.45) is 0.404. The summed E-state index contributed by atoms with van der Waals surface area (Å²) in [6.45, 7) is 1.74. The number of rotatable bonds is 7. The first-order chi connectivity index (χ1) is 12.5. The van der Waals surface area contributed by atoms with Crippen molar-refractivity contribution in [2.24, 2.45) is 11.8 Å². The largest absolute Gasteiger partial charge is 0.494 e. The number of carbonyl (C=O) groups excluding carboxylic acids is 2. The van der Waals surface area contributed by atoms with Crippen LogP contribution in [-0.2, 0) is 19.1 Å². The molecule has 1 aromatic heterocycles. The van der Waals surface area contributed by atoms with E-state index in [1.807, 2.05) is 0 Å². The normalized spacial score (nSPS) is 20.2. The molecular formula is C18H19NO7. The van der Waals surface area contributed by atoms with Crippen LogP contribution in [-0.4, -0.2) is 41.5 Å². The molecule has 1 atom stereocenters. The van der Waals surface area contributed by atoms with Gasteiger partial charge < -0.3 is 19.0 Å². The molecule has 8 nitrogen and oxygen atoms in total. The van der Waals surface area contributed by atoms with Gasteiger partial charge in [-0.15, -0.1) is 0 Å². The highest BCUT2D eigenvalue weighted by molar-refractivity contribution is 6.05. The molecule has 1 aliphatic carbocycles. The predicted molar refractivity (Wildman–Crippen MR) is 88.8 cm³/mol. The van der Waals surface area contributed by atoms with E-state index in [1.54, 1.807) is 25.1 Å². The number of carbonyl (C=O) groups is 3. The Balaban J connectivity index is 1.93. The highest BCUT2D eigenvalue weighted by Gasteiger charge is 2.46. The van der Waals surface area contributed by atoms with Gasteiger partial charge in [0.05, 0.1) is 19.6 Å². The summed E-state index contributed by atoms with van der Waals surface area (Å²) in [5.74, 6) is -4.11. The van der Waals surface area contributed by atoms with E-state index in [1.165, 1.54) is 7.11 Å². The lowest BCUT2D eigenvalue weighted by Gasteiger charge is -2.32. The number of hydrogen-bond acceptors (Lipinski definition) is 7. The minimum absolute atomic E-state index is 0.0632. The second kappa shape index (κ2) is 7.15. The minimum Gasteiger partial charge on any atom is -0.494 e. The van der Waals surface area contributed by atoms with Crippen molar-refractivity contribution in [2.45, 2.75) is 25.7 Å². The Morgan fingerprint density at radius 2 is 2.04 bits per heavy atom. The first kappa shape index (κ1) is 17.9. The van der Waals surface area contributed by atoms with E-state index in [2.05, 4.69) is 4.98 Å². The van der Waals surface area contributed by atoms with Crippen molar-refractivity contribution in [1.82, 2.24) is 4.98 Å². The fraction of sp³-hybridized carbons (Fsp3) is 0.444. The molecule has 0 radical (unpaired) electrons. The van der Waals surface area contributed by atoms with E-state index in [0.717, 1.165) is 0 Å². The summed E-state index contributed by atoms with van der Waals surface area (Å²) in [4.78, 5) is 40.4. The fourth-order valence-electron chi connectivity index (χ4n) is 3.08. The number of esters is 1. The molecular weight excluding hydrogens is 342 g/mol. The van der Waals surface area contributed by atoms with E-state index >= 15 is 0 Å². The van der Waals surface area contributed by atoms with Crippen molar-refractivity contribution < 1.29 is 33.4 Å². The zero-order valence-corrected chi connectivity index (χ0v) is 14.4. The first-order valence-electron chi connectivity index (χ1n) is 8.32. The van der Waals surface area contributed by atoms with Gasteiger partial charge in [0.2, 0.25) is 5.89 Å². The van der Waals surface area contributed by atoms with Crippen LogP contribution in [0.15, 0.2) is 22.6 Å². The number of ether oxygens (including phenoxy) is 2. The fourth-order valence-corrected chi connectivity index (χ4v) is 3.08. The Labute approximate surface area is 149 Å². The molecule has 3 rings (SSSR count). The van der Waals surface area contributed by atoms with Crippen molar-refractivity contribution >= 4 is 28.8 Å². The number of nitrogens with zero attached hydrogens (tertiary/aromatic N) is 1. The second-order valence-electron chi connectivity index (χ2n) is 6.15. The van der Waals surface area contributed by atoms with Crippen molar-refractivity contribution in [3.63, 3.8) is 0 Å². The topological polar surface area (TPSA) is 116 Å². The Morgan fingerprint density at radius 1 is 1.31 bits per heavy atom. The van der Waals surface area contributed by atoms with Crippen molar-refractivity contribution in [2.75, 3.05) is 13.7 Å². The van der Waals surface area contributed by atoms with Crippen molar-refractivity contribution in [3.8, 4) is 5.75 Å². The number of Topliss-reactive ketones (excluding diaryl/α,β-unsaturated/α-hetero) is 1. The van der Waals surface area contributed by atoms with Gasteiger partial charge in [-0.25, -0.2) is 4.98 Å². The van der Waals surface area contributed by atoms with Crippen LogP contribution in [0.4, 0.5) is 0 Å². The van der Waals surface area contributed by atoms with Gasteiger partial charge in [-0.05, 0) is 31.9 Å². The summed E-state index contributed by atoms with van der Waals surface area (Å²) in [7, 11) is 1.48. The van der Waals surface area contributed by atoms with Gasteiger partial charge in [0.1, 0.15) is 5.75 Å². The van der Waals surface area contributed by atoms with Crippen LogP contribution in [0.1, 0.15) is 31.6 Å². The van der Waals surface area contributed by atoms with E-state index in [9.17, 15) is 14.4 Å². The molecule has 2 aromatic rings. The molecule has 0 saturated heterocycles. The third-order valence-corrected chi connectivity index (χ3v) is 4.56. The number of benzene rings is 1. The number of ketones is 1. The maximum absolute atomic E-state index is 12.8. The smallest absolute Gasteiger partial charge is 0.326 e. The van der Waals surface area contributed by atoms with Gasteiger partial charge in [0.15, 0.2) is 22.8 Å². The summed E-state index contributed by atoms with van der Waals surface area (Å²) in [5.41, 5.74) is 0.794. The maximum atomic E-state index is 12.8. The number of oxazole rings is 1. The molecule has 1 aliphatic rings. The van der Waals surface area contributed by atoms with Gasteiger partial charge in [-0.3, -0.25) is 14.4 Å². The van der Waals surface area contributed by atoms with E-state index in [4.69, 9.17) is 19.0 Å². The highest BCUT2D eigenvalue weighted by Crippen LogP contribution is 2.39. The number of carboxylic acid groups (broad SMARTS) is 1. The van der Waals surface area contributed by atoms with E-state index in [-0.39, 0.29) is 25.3 Å². The van der Waals surface area contributed by atoms with E-state index < -0.39 is 35.5 Å². The number of fused-ring (bicyclic) bond motifs is 1. The van der Waals surface area contributed by atoms with Crippen LogP contribution in [0.5, 0.6) is 5.75 Å². The van der Waals surface area contributed by atoms with Crippen molar-refractivity contribution in [3.05, 3.63) is 24.1 Å². The Hall–Kier alpha value is -2.90. The molecule has 1 heterocycles. The lowest BCUT2D eigenvalue weighted by atomic mass is 9.70. The summed E-state index contributed by atoms with van der Waals surface area (Å²) >= 11 is 0. The lowest BCUT2D eigenvalue weighted by molar-refractivity contribution is -0.152. The van der Waals surface area contributed by atoms with Crippen LogP contribution in [0.3, 0.4) is 0 Å². The molecule has 0 aliphatic heterocycles. The van der Waals surface area contributed by atoms with Gasteiger partial charge in [-0.1, -0.05) is 6.07 Å². The molecule has 8 heteroatoms. The Bertz CT molecular complexity index is 850. The molecule has 1 N–H and O–H groups in total. The highest BCUT2D eigenvalue weighted by atomic mass is 16.5. The first-order valence-corrected chi connectivity index (χ1v) is 8.32. The number of hydrogen-bond donors (Lipinski definition) is 1. The molecule has 1 unspecified atom stereocenters. The number of para-hydroxylation sites is 1. The van der Waals surface area contributed by atoms with Crippen LogP contribution < -0.4 is 4.74 Å². The van der Waals surface area contributed by atoms with Crippen LogP contribution in [0.2, 0.25) is 0 Å². The Morgan fingerprint density at radius 3 is 2.65 bits per heavy atom. The maximum Gasteiger partial charge on any atom is 0.326 e. The van der Waals surface area contributed by atoms with Crippen molar-refractivity contribution in [1.29, 1.82) is 0 Å². The molecule has 1 fully saturated rings. The predicted octanol–water partition coefficient (Wildman–Crippen LogP) is 2.16. The standard InChI is InChI=1S/C18H19NO7/c1-3-25-18(23)13(15(20)9-7-10(8-9)17(21)22)16-19-14-11(24-2)5-4-6-12(14)26-16/h4-6,9-10,13H,3,7-8H2,1-2H3,(H,21,22). The number of carboxylic acids is 1. The van der Waals surface area contributed by atoms with Gasteiger partial charge >= 0.3 is 11.9 Å². The second-order valence-corrected chi connectivity index (χ2v) is 6.15. The molecule has 1 aromatic carbocycles. The Kier molecular flexibility index (Phi) is 4.92. The SMILES string of the molecule is CCOC(=O)C(C(=O)C1CC(C(=O)O)C1)c1nc2c(OC)cccc2o1. The van der Waals surface area contributed by atoms with Gasteiger partial charge in [0, 0.05) is 5.92 Å². The zero-order chi connectivity index (χ0) is 18.8. The molecule has 0 amide bonds. The lowest BCUT2D eigenvalue weighted by Crippen LogP contribution is -2.39. The number of aliphatic carboxylic acids is 1. The number of methoxy groups -OCH3 is 1. The zero-order valence-electron chi connectivity index (χ0n) is 14.4. The number of aromatic nitrogens is 1. The van der Waals surface area contributed by atoms with Crippen LogP contribution >= 0.6 is 0 Å². The molecule has 1 saturated carbocycles. The molecule has 0 bridgehead atoms. The average Bonchev–Trinajstić information content (AvgIpc) is 2.96. The molecule has 138 valence electrons. The third-order valence-electron chi connectivity index (χ3n) is 4.56. The summed E-state index contributed by atoms with van der Waals surface area (Å²) < 4.78 is 15.9. The summed E-state index contributed by atoms with van der Waals surface area (Å²) in [5, 5.41) is 8.99. The third kappa shape index (κ3) is 3.14. The van der Waals surface area contributed by atoms with Crippen LogP contribution in [0.25, 0.3) is 11.1 Å². The molecule has 26 heavy (non-hydrogen) atoms. The average molecular weight is 361 g/mol. The van der Waals surface area contributed by atoms with Gasteiger partial charge in [-0.2, -0.15) is 0 Å². The molecule has 0 spiro atoms. The van der Waals surface area contributed by atoms with Crippen LogP contribution in [0, 0.1) is 11.8 Å². The van der Waals surface area contributed by atoms with E-state index in [0.29, 0.717) is 16.8 Å². The van der Waals surface area contributed by atoms with Gasteiger partial charge in [0.25, 0.3) is 0 Å².